The van der Waals surface area contributed by atoms with E-state index in [-0.39, 0.29) is 5.41 Å². The van der Waals surface area contributed by atoms with E-state index in [0.717, 1.165) is 17.1 Å². The van der Waals surface area contributed by atoms with Crippen LogP contribution in [-0.2, 0) is 0 Å². The maximum absolute atomic E-state index is 5.91. The minimum absolute atomic E-state index is 0.0999. The SMILES string of the molecule is Cc1ccc(N=C(N)C(C)(C)C)c(C)n1. The highest BCUT2D eigenvalue weighted by molar-refractivity contribution is 5.87. The number of rotatable bonds is 1. The van der Waals surface area contributed by atoms with Gasteiger partial charge in [0.25, 0.3) is 0 Å². The van der Waals surface area contributed by atoms with E-state index in [0.29, 0.717) is 5.84 Å². The molecule has 1 heterocycles. The average Bonchev–Trinajstić information content (AvgIpc) is 2.08. The highest BCUT2D eigenvalue weighted by atomic mass is 14.9. The van der Waals surface area contributed by atoms with Crippen LogP contribution in [0, 0.1) is 19.3 Å². The van der Waals surface area contributed by atoms with Crippen molar-refractivity contribution in [3.05, 3.63) is 23.5 Å². The molecule has 0 fully saturated rings. The first-order valence-electron chi connectivity index (χ1n) is 5.09. The summed E-state index contributed by atoms with van der Waals surface area (Å²) in [5.74, 6) is 0.635. The van der Waals surface area contributed by atoms with Crippen molar-refractivity contribution in [1.29, 1.82) is 0 Å². The van der Waals surface area contributed by atoms with Gasteiger partial charge >= 0.3 is 0 Å². The van der Waals surface area contributed by atoms with Crippen molar-refractivity contribution in [2.24, 2.45) is 16.1 Å². The number of hydrogen-bond acceptors (Lipinski definition) is 2. The standard InChI is InChI=1S/C12H19N3/c1-8-6-7-10(9(2)14-8)15-11(13)12(3,4)5/h6-7H,1-5H3,(H2,13,15). The van der Waals surface area contributed by atoms with Crippen molar-refractivity contribution in [3.8, 4) is 0 Å². The summed E-state index contributed by atoms with van der Waals surface area (Å²) in [5.41, 5.74) is 8.59. The molecule has 0 atom stereocenters. The van der Waals surface area contributed by atoms with Gasteiger partial charge in [0, 0.05) is 11.1 Å². The summed E-state index contributed by atoms with van der Waals surface area (Å²) in [5, 5.41) is 0. The van der Waals surface area contributed by atoms with Crippen molar-refractivity contribution >= 4 is 11.5 Å². The van der Waals surface area contributed by atoms with Crippen LogP contribution in [0.15, 0.2) is 17.1 Å². The molecular weight excluding hydrogens is 186 g/mol. The van der Waals surface area contributed by atoms with Crippen LogP contribution in [0.4, 0.5) is 5.69 Å². The number of aromatic nitrogens is 1. The molecule has 1 aromatic heterocycles. The number of nitrogens with zero attached hydrogens (tertiary/aromatic N) is 2. The number of aryl methyl sites for hydroxylation is 2. The molecule has 0 saturated carbocycles. The molecule has 0 bridgehead atoms. The van der Waals surface area contributed by atoms with Crippen LogP contribution >= 0.6 is 0 Å². The van der Waals surface area contributed by atoms with E-state index in [2.05, 4.69) is 9.98 Å². The Morgan fingerprint density at radius 1 is 1.27 bits per heavy atom. The van der Waals surface area contributed by atoms with Gasteiger partial charge in [-0.1, -0.05) is 20.8 Å². The molecule has 0 amide bonds. The fourth-order valence-electron chi connectivity index (χ4n) is 1.09. The van der Waals surface area contributed by atoms with Gasteiger partial charge in [-0.15, -0.1) is 0 Å². The van der Waals surface area contributed by atoms with E-state index >= 15 is 0 Å². The first-order chi connectivity index (χ1) is 6.80. The summed E-state index contributed by atoms with van der Waals surface area (Å²) in [6.07, 6.45) is 0. The Balaban J connectivity index is 3.09. The third-order valence-corrected chi connectivity index (χ3v) is 2.21. The molecular formula is C12H19N3. The average molecular weight is 205 g/mol. The summed E-state index contributed by atoms with van der Waals surface area (Å²) < 4.78 is 0. The lowest BCUT2D eigenvalue weighted by Crippen LogP contribution is -2.28. The van der Waals surface area contributed by atoms with Crippen molar-refractivity contribution in [1.82, 2.24) is 4.98 Å². The van der Waals surface area contributed by atoms with E-state index in [9.17, 15) is 0 Å². The first kappa shape index (κ1) is 11.7. The number of pyridine rings is 1. The lowest BCUT2D eigenvalue weighted by Gasteiger charge is -2.17. The second kappa shape index (κ2) is 4.01. The number of amidine groups is 1. The maximum atomic E-state index is 5.91. The normalized spacial score (nSPS) is 13.0. The van der Waals surface area contributed by atoms with Gasteiger partial charge in [0.05, 0.1) is 11.4 Å². The zero-order valence-electron chi connectivity index (χ0n) is 10.1. The molecule has 0 aromatic carbocycles. The first-order valence-corrected chi connectivity index (χ1v) is 5.09. The van der Waals surface area contributed by atoms with E-state index in [1.165, 1.54) is 0 Å². The minimum atomic E-state index is -0.0999. The van der Waals surface area contributed by atoms with Gasteiger partial charge in [-0.2, -0.15) is 0 Å². The molecule has 0 aliphatic rings. The van der Waals surface area contributed by atoms with Gasteiger partial charge in [0.15, 0.2) is 0 Å². The van der Waals surface area contributed by atoms with Gasteiger partial charge in [-0.25, -0.2) is 4.99 Å². The number of aliphatic imine (C=N–C) groups is 1. The lowest BCUT2D eigenvalue weighted by molar-refractivity contribution is 0.585. The predicted octanol–water partition coefficient (Wildman–Crippen LogP) is 2.73. The Labute approximate surface area is 91.4 Å². The fraction of sp³-hybridized carbons (Fsp3) is 0.500. The smallest absolute Gasteiger partial charge is 0.105 e. The molecule has 15 heavy (non-hydrogen) atoms. The predicted molar refractivity (Wildman–Crippen MR) is 64.4 cm³/mol. The molecule has 0 spiro atoms. The summed E-state index contributed by atoms with van der Waals surface area (Å²) >= 11 is 0. The molecule has 0 unspecified atom stereocenters. The van der Waals surface area contributed by atoms with Crippen molar-refractivity contribution < 1.29 is 0 Å². The number of nitrogens with two attached hydrogens (primary N) is 1. The van der Waals surface area contributed by atoms with Gasteiger partial charge in [0.1, 0.15) is 5.84 Å². The van der Waals surface area contributed by atoms with Crippen molar-refractivity contribution in [2.45, 2.75) is 34.6 Å². The Morgan fingerprint density at radius 3 is 2.33 bits per heavy atom. The van der Waals surface area contributed by atoms with Crippen LogP contribution < -0.4 is 5.73 Å². The van der Waals surface area contributed by atoms with Crippen LogP contribution in [-0.4, -0.2) is 10.8 Å². The largest absolute Gasteiger partial charge is 0.387 e. The van der Waals surface area contributed by atoms with Crippen LogP contribution in [0.3, 0.4) is 0 Å². The van der Waals surface area contributed by atoms with Crippen molar-refractivity contribution in [2.75, 3.05) is 0 Å². The van der Waals surface area contributed by atoms with Crippen LogP contribution in [0.2, 0.25) is 0 Å². The zero-order valence-corrected chi connectivity index (χ0v) is 10.1. The monoisotopic (exact) mass is 205 g/mol. The van der Waals surface area contributed by atoms with E-state index in [1.807, 2.05) is 46.8 Å². The summed E-state index contributed by atoms with van der Waals surface area (Å²) in [6.45, 7) is 10.0. The molecule has 0 aliphatic carbocycles. The highest BCUT2D eigenvalue weighted by Crippen LogP contribution is 2.20. The molecule has 3 heteroatoms. The molecule has 82 valence electrons. The summed E-state index contributed by atoms with van der Waals surface area (Å²) in [6, 6.07) is 3.90. The maximum Gasteiger partial charge on any atom is 0.105 e. The molecule has 0 radical (unpaired) electrons. The van der Waals surface area contributed by atoms with Crippen LogP contribution in [0.25, 0.3) is 0 Å². The fourth-order valence-corrected chi connectivity index (χ4v) is 1.09. The van der Waals surface area contributed by atoms with Gasteiger partial charge < -0.3 is 5.73 Å². The molecule has 1 aromatic rings. The Kier molecular flexibility index (Phi) is 3.12. The quantitative estimate of drug-likeness (QED) is 0.566. The van der Waals surface area contributed by atoms with Crippen LogP contribution in [0.5, 0.6) is 0 Å². The van der Waals surface area contributed by atoms with Crippen LogP contribution in [0.1, 0.15) is 32.2 Å². The van der Waals surface area contributed by atoms with Gasteiger partial charge in [-0.3, -0.25) is 4.98 Å². The van der Waals surface area contributed by atoms with E-state index in [1.54, 1.807) is 0 Å². The molecule has 3 nitrogen and oxygen atoms in total. The molecule has 0 saturated heterocycles. The molecule has 2 N–H and O–H groups in total. The Hall–Kier alpha value is -1.38. The molecule has 0 aliphatic heterocycles. The topological polar surface area (TPSA) is 51.3 Å². The third-order valence-electron chi connectivity index (χ3n) is 2.21. The molecule has 1 rings (SSSR count). The zero-order chi connectivity index (χ0) is 11.6. The third kappa shape index (κ3) is 3.05. The Morgan fingerprint density at radius 2 is 1.87 bits per heavy atom. The van der Waals surface area contributed by atoms with Gasteiger partial charge in [0.2, 0.25) is 0 Å². The summed E-state index contributed by atoms with van der Waals surface area (Å²) in [7, 11) is 0. The van der Waals surface area contributed by atoms with E-state index in [4.69, 9.17) is 5.73 Å². The van der Waals surface area contributed by atoms with Crippen molar-refractivity contribution in [3.63, 3.8) is 0 Å². The second-order valence-corrected chi connectivity index (χ2v) is 4.80. The summed E-state index contributed by atoms with van der Waals surface area (Å²) in [4.78, 5) is 8.75. The minimum Gasteiger partial charge on any atom is -0.387 e. The lowest BCUT2D eigenvalue weighted by atomic mass is 9.95. The number of hydrogen-bond donors (Lipinski definition) is 1. The highest BCUT2D eigenvalue weighted by Gasteiger charge is 2.15. The second-order valence-electron chi connectivity index (χ2n) is 4.80. The Bertz CT molecular complexity index is 386. The van der Waals surface area contributed by atoms with E-state index < -0.39 is 0 Å². The van der Waals surface area contributed by atoms with Gasteiger partial charge in [-0.05, 0) is 26.0 Å².